The van der Waals surface area contributed by atoms with Gasteiger partial charge < -0.3 is 10.1 Å². The molecule has 0 aromatic heterocycles. The highest BCUT2D eigenvalue weighted by atomic mass is 32.2. The van der Waals surface area contributed by atoms with Gasteiger partial charge in [-0.1, -0.05) is 27.7 Å². The molecular formula is C13H25NO2S. The molecule has 1 N–H and O–H groups in total. The van der Waals surface area contributed by atoms with Gasteiger partial charge in [0.05, 0.1) is 7.11 Å². The van der Waals surface area contributed by atoms with E-state index in [1.807, 2.05) is 11.8 Å². The van der Waals surface area contributed by atoms with Crippen LogP contribution in [0.3, 0.4) is 0 Å². The first-order chi connectivity index (χ1) is 7.88. The number of hydrogen-bond acceptors (Lipinski definition) is 4. The Morgan fingerprint density at radius 2 is 2.12 bits per heavy atom. The van der Waals surface area contributed by atoms with Crippen molar-refractivity contribution < 1.29 is 9.53 Å². The Labute approximate surface area is 109 Å². The lowest BCUT2D eigenvalue weighted by molar-refractivity contribution is -0.144. The van der Waals surface area contributed by atoms with Crippen molar-refractivity contribution in [2.75, 3.05) is 18.6 Å². The average molecular weight is 259 g/mol. The van der Waals surface area contributed by atoms with E-state index in [0.717, 1.165) is 5.75 Å². The van der Waals surface area contributed by atoms with Crippen LogP contribution < -0.4 is 5.32 Å². The normalized spacial score (nSPS) is 25.6. The van der Waals surface area contributed by atoms with E-state index in [4.69, 9.17) is 4.74 Å². The Bertz CT molecular complexity index is 266. The summed E-state index contributed by atoms with van der Waals surface area (Å²) < 4.78 is 4.88. The maximum absolute atomic E-state index is 11.7. The van der Waals surface area contributed by atoms with Gasteiger partial charge in [-0.15, -0.1) is 0 Å². The zero-order chi connectivity index (χ0) is 13.1. The van der Waals surface area contributed by atoms with Crippen molar-refractivity contribution >= 4 is 17.7 Å². The van der Waals surface area contributed by atoms with Crippen LogP contribution in [0.5, 0.6) is 0 Å². The molecule has 1 saturated heterocycles. The van der Waals surface area contributed by atoms with Gasteiger partial charge in [-0.3, -0.25) is 4.79 Å². The third-order valence-corrected chi connectivity index (χ3v) is 4.68. The van der Waals surface area contributed by atoms with E-state index in [2.05, 4.69) is 33.0 Å². The topological polar surface area (TPSA) is 38.3 Å². The van der Waals surface area contributed by atoms with Crippen molar-refractivity contribution in [1.82, 2.24) is 5.32 Å². The van der Waals surface area contributed by atoms with Crippen molar-refractivity contribution in [3.8, 4) is 0 Å². The predicted molar refractivity (Wildman–Crippen MR) is 73.3 cm³/mol. The fourth-order valence-corrected chi connectivity index (χ4v) is 3.71. The van der Waals surface area contributed by atoms with Crippen molar-refractivity contribution in [3.63, 3.8) is 0 Å². The van der Waals surface area contributed by atoms with Crippen LogP contribution in [0.25, 0.3) is 0 Å². The number of thioether (sulfide) groups is 1. The van der Waals surface area contributed by atoms with Crippen molar-refractivity contribution in [2.45, 2.75) is 46.2 Å². The van der Waals surface area contributed by atoms with Gasteiger partial charge in [0.1, 0.15) is 6.04 Å². The maximum atomic E-state index is 11.7. The lowest BCUT2D eigenvalue weighted by Gasteiger charge is -2.41. The smallest absolute Gasteiger partial charge is 0.323 e. The summed E-state index contributed by atoms with van der Waals surface area (Å²) in [5.41, 5.74) is 0.256. The standard InChI is InChI=1S/C13H25NO2S/c1-9(2)11(12(15)16-5)14-10-8-17-7-6-13(10,3)4/h9-11,14H,6-8H2,1-5H3. The molecule has 100 valence electrons. The van der Waals surface area contributed by atoms with E-state index < -0.39 is 0 Å². The van der Waals surface area contributed by atoms with Crippen LogP contribution >= 0.6 is 11.8 Å². The Morgan fingerprint density at radius 3 is 2.59 bits per heavy atom. The second-order valence-corrected chi connectivity index (χ2v) is 6.93. The second-order valence-electron chi connectivity index (χ2n) is 5.78. The van der Waals surface area contributed by atoms with Gasteiger partial charge in [-0.05, 0) is 23.5 Å². The summed E-state index contributed by atoms with van der Waals surface area (Å²) in [6.07, 6.45) is 1.20. The zero-order valence-corrected chi connectivity index (χ0v) is 12.4. The number of carbonyl (C=O) groups excluding carboxylic acids is 1. The molecule has 1 heterocycles. The molecule has 3 nitrogen and oxygen atoms in total. The first-order valence-corrected chi connectivity index (χ1v) is 7.45. The van der Waals surface area contributed by atoms with E-state index in [0.29, 0.717) is 6.04 Å². The summed E-state index contributed by atoms with van der Waals surface area (Å²) in [6.45, 7) is 8.66. The largest absolute Gasteiger partial charge is 0.468 e. The molecule has 0 saturated carbocycles. The first-order valence-electron chi connectivity index (χ1n) is 6.30. The van der Waals surface area contributed by atoms with E-state index in [-0.39, 0.29) is 23.3 Å². The van der Waals surface area contributed by atoms with Gasteiger partial charge in [0.25, 0.3) is 0 Å². The minimum atomic E-state index is -0.192. The fourth-order valence-electron chi connectivity index (χ4n) is 2.09. The third kappa shape index (κ3) is 3.88. The monoisotopic (exact) mass is 259 g/mol. The van der Waals surface area contributed by atoms with Gasteiger partial charge in [-0.25, -0.2) is 0 Å². The van der Waals surface area contributed by atoms with Crippen molar-refractivity contribution in [1.29, 1.82) is 0 Å². The number of esters is 1. The molecule has 17 heavy (non-hydrogen) atoms. The van der Waals surface area contributed by atoms with Crippen molar-refractivity contribution in [2.24, 2.45) is 11.3 Å². The van der Waals surface area contributed by atoms with Crippen molar-refractivity contribution in [3.05, 3.63) is 0 Å². The lowest BCUT2D eigenvalue weighted by atomic mass is 9.81. The van der Waals surface area contributed by atoms with Gasteiger partial charge in [0.15, 0.2) is 0 Å². The molecule has 0 aromatic carbocycles. The predicted octanol–water partition coefficient (Wildman–Crippen LogP) is 2.31. The van der Waals surface area contributed by atoms with Crippen LogP contribution in [0.2, 0.25) is 0 Å². The number of ether oxygens (including phenoxy) is 1. The number of nitrogens with one attached hydrogen (secondary N) is 1. The highest BCUT2D eigenvalue weighted by Crippen LogP contribution is 2.34. The van der Waals surface area contributed by atoms with E-state index in [9.17, 15) is 4.79 Å². The van der Waals surface area contributed by atoms with E-state index in [1.54, 1.807) is 0 Å². The van der Waals surface area contributed by atoms with Gasteiger partial charge in [0, 0.05) is 11.8 Å². The average Bonchev–Trinajstić information content (AvgIpc) is 2.25. The van der Waals surface area contributed by atoms with Gasteiger partial charge in [0.2, 0.25) is 0 Å². The molecule has 2 unspecified atom stereocenters. The zero-order valence-electron chi connectivity index (χ0n) is 11.6. The molecule has 0 radical (unpaired) electrons. The molecule has 1 aliphatic heterocycles. The molecule has 0 amide bonds. The molecule has 0 spiro atoms. The van der Waals surface area contributed by atoms with Crippen LogP contribution in [-0.4, -0.2) is 36.7 Å². The summed E-state index contributed by atoms with van der Waals surface area (Å²) in [4.78, 5) is 11.7. The van der Waals surface area contributed by atoms with Crippen LogP contribution in [0, 0.1) is 11.3 Å². The number of rotatable bonds is 4. The molecule has 1 rings (SSSR count). The van der Waals surface area contributed by atoms with Crippen LogP contribution in [0.4, 0.5) is 0 Å². The quantitative estimate of drug-likeness (QED) is 0.786. The number of hydrogen-bond donors (Lipinski definition) is 1. The number of methoxy groups -OCH3 is 1. The molecular weight excluding hydrogens is 234 g/mol. The molecule has 1 fully saturated rings. The highest BCUT2D eigenvalue weighted by molar-refractivity contribution is 7.99. The Balaban J connectivity index is 2.68. The Morgan fingerprint density at radius 1 is 1.47 bits per heavy atom. The fraction of sp³-hybridized carbons (Fsp3) is 0.923. The molecule has 0 bridgehead atoms. The van der Waals surface area contributed by atoms with E-state index in [1.165, 1.54) is 19.3 Å². The lowest BCUT2D eigenvalue weighted by Crippen LogP contribution is -2.54. The minimum absolute atomic E-state index is 0.147. The molecule has 0 aliphatic carbocycles. The SMILES string of the molecule is COC(=O)C(NC1CSCCC1(C)C)C(C)C. The third-order valence-electron chi connectivity index (χ3n) is 3.62. The summed E-state index contributed by atoms with van der Waals surface area (Å²) in [6, 6.07) is 0.190. The molecule has 1 aliphatic rings. The second kappa shape index (κ2) is 6.10. The molecule has 4 heteroatoms. The van der Waals surface area contributed by atoms with Crippen LogP contribution in [0.1, 0.15) is 34.1 Å². The summed E-state index contributed by atoms with van der Waals surface area (Å²) in [7, 11) is 1.46. The molecule has 2 atom stereocenters. The summed E-state index contributed by atoms with van der Waals surface area (Å²) >= 11 is 1.96. The van der Waals surface area contributed by atoms with Gasteiger partial charge >= 0.3 is 5.97 Å². The maximum Gasteiger partial charge on any atom is 0.323 e. The van der Waals surface area contributed by atoms with Crippen LogP contribution in [-0.2, 0) is 9.53 Å². The highest BCUT2D eigenvalue weighted by Gasteiger charge is 2.36. The van der Waals surface area contributed by atoms with Crippen LogP contribution in [0.15, 0.2) is 0 Å². The molecule has 0 aromatic rings. The van der Waals surface area contributed by atoms with E-state index >= 15 is 0 Å². The minimum Gasteiger partial charge on any atom is -0.468 e. The van der Waals surface area contributed by atoms with Gasteiger partial charge in [-0.2, -0.15) is 11.8 Å². The summed E-state index contributed by atoms with van der Waals surface area (Å²) in [5, 5.41) is 3.50. The number of carbonyl (C=O) groups is 1. The Hall–Kier alpha value is -0.220. The summed E-state index contributed by atoms with van der Waals surface area (Å²) in [5.74, 6) is 2.40. The Kier molecular flexibility index (Phi) is 5.32. The first kappa shape index (κ1) is 14.8.